The van der Waals surface area contributed by atoms with Crippen molar-refractivity contribution in [3.63, 3.8) is 0 Å². The standard InChI is InChI=1S/C11H17NO6/c1-10(2,3)18-9(17)12-6(7(13)14)11(4-5-11)8(15)16/h6H,4-5H2,1-3H3,(H,12,17)(H,13,14)(H,15,16). The van der Waals surface area contributed by atoms with E-state index in [1.54, 1.807) is 20.8 Å². The number of rotatable bonds is 4. The SMILES string of the molecule is CC(C)(C)OC(=O)NC(C(=O)O)C1(C(=O)O)CC1. The summed E-state index contributed by atoms with van der Waals surface area (Å²) in [7, 11) is 0. The first-order valence-electron chi connectivity index (χ1n) is 5.54. The number of alkyl carbamates (subject to hydrolysis) is 1. The summed E-state index contributed by atoms with van der Waals surface area (Å²) in [6.07, 6.45) is -0.466. The molecule has 1 rings (SSSR count). The predicted molar refractivity (Wildman–Crippen MR) is 60.1 cm³/mol. The van der Waals surface area contributed by atoms with Gasteiger partial charge >= 0.3 is 18.0 Å². The van der Waals surface area contributed by atoms with Crippen LogP contribution in [0.4, 0.5) is 4.79 Å². The molecular formula is C11H17NO6. The van der Waals surface area contributed by atoms with E-state index in [2.05, 4.69) is 5.32 Å². The maximum absolute atomic E-state index is 11.5. The van der Waals surface area contributed by atoms with Gasteiger partial charge in [-0.05, 0) is 33.6 Å². The maximum atomic E-state index is 11.5. The molecule has 0 aliphatic heterocycles. The number of aliphatic carboxylic acids is 2. The number of hydrogen-bond donors (Lipinski definition) is 3. The van der Waals surface area contributed by atoms with E-state index in [1.165, 1.54) is 0 Å². The highest BCUT2D eigenvalue weighted by Crippen LogP contribution is 2.49. The third-order valence-electron chi connectivity index (χ3n) is 2.68. The van der Waals surface area contributed by atoms with E-state index in [4.69, 9.17) is 14.9 Å². The van der Waals surface area contributed by atoms with Gasteiger partial charge in [0.1, 0.15) is 11.6 Å². The van der Waals surface area contributed by atoms with Crippen molar-refractivity contribution in [3.05, 3.63) is 0 Å². The van der Waals surface area contributed by atoms with Gasteiger partial charge in [-0.2, -0.15) is 0 Å². The molecule has 0 radical (unpaired) electrons. The Labute approximate surface area is 104 Å². The van der Waals surface area contributed by atoms with Crippen LogP contribution in [0.5, 0.6) is 0 Å². The van der Waals surface area contributed by atoms with Crippen LogP contribution in [0.2, 0.25) is 0 Å². The molecule has 18 heavy (non-hydrogen) atoms. The van der Waals surface area contributed by atoms with Gasteiger partial charge in [0.25, 0.3) is 0 Å². The Balaban J connectivity index is 2.75. The normalized spacial score (nSPS) is 18.6. The number of ether oxygens (including phenoxy) is 1. The molecule has 1 unspecified atom stereocenters. The molecule has 0 saturated heterocycles. The summed E-state index contributed by atoms with van der Waals surface area (Å²) in [4.78, 5) is 33.6. The molecule has 1 atom stereocenters. The predicted octanol–water partition coefficient (Wildman–Crippen LogP) is 0.829. The summed E-state index contributed by atoms with van der Waals surface area (Å²) in [6, 6.07) is -1.47. The topological polar surface area (TPSA) is 113 Å². The van der Waals surface area contributed by atoms with E-state index in [0.29, 0.717) is 0 Å². The lowest BCUT2D eigenvalue weighted by molar-refractivity contribution is -0.152. The highest BCUT2D eigenvalue weighted by Gasteiger charge is 2.60. The summed E-state index contributed by atoms with van der Waals surface area (Å²) in [5, 5.41) is 20.1. The van der Waals surface area contributed by atoms with E-state index in [1.807, 2.05) is 0 Å². The number of carboxylic acids is 2. The molecule has 7 heteroatoms. The molecule has 1 aliphatic carbocycles. The molecule has 1 saturated carbocycles. The fraction of sp³-hybridized carbons (Fsp3) is 0.727. The van der Waals surface area contributed by atoms with Crippen molar-refractivity contribution < 1.29 is 29.3 Å². The minimum Gasteiger partial charge on any atom is -0.481 e. The van der Waals surface area contributed by atoms with Gasteiger partial charge in [0.2, 0.25) is 0 Å². The van der Waals surface area contributed by atoms with Crippen LogP contribution in [-0.2, 0) is 14.3 Å². The zero-order valence-corrected chi connectivity index (χ0v) is 10.5. The van der Waals surface area contributed by atoms with Crippen molar-refractivity contribution >= 4 is 18.0 Å². The van der Waals surface area contributed by atoms with Gasteiger partial charge in [-0.15, -0.1) is 0 Å². The molecule has 1 aliphatic rings. The number of carboxylic acid groups (broad SMARTS) is 2. The summed E-state index contributed by atoms with van der Waals surface area (Å²) in [5.74, 6) is -2.59. The molecule has 1 amide bonds. The van der Waals surface area contributed by atoms with Crippen LogP contribution < -0.4 is 5.32 Å². The number of nitrogens with one attached hydrogen (secondary N) is 1. The number of carbonyl (C=O) groups is 3. The summed E-state index contributed by atoms with van der Waals surface area (Å²) >= 11 is 0. The van der Waals surface area contributed by atoms with Crippen molar-refractivity contribution in [1.82, 2.24) is 5.32 Å². The minimum atomic E-state index is -1.47. The maximum Gasteiger partial charge on any atom is 0.408 e. The van der Waals surface area contributed by atoms with E-state index in [0.717, 1.165) is 0 Å². The van der Waals surface area contributed by atoms with Crippen LogP contribution in [0.15, 0.2) is 0 Å². The van der Waals surface area contributed by atoms with E-state index >= 15 is 0 Å². The van der Waals surface area contributed by atoms with Gasteiger partial charge in [-0.25, -0.2) is 9.59 Å². The van der Waals surface area contributed by atoms with Gasteiger partial charge in [0.15, 0.2) is 0 Å². The number of amides is 1. The van der Waals surface area contributed by atoms with Gasteiger partial charge in [-0.1, -0.05) is 0 Å². The molecule has 7 nitrogen and oxygen atoms in total. The summed E-state index contributed by atoms with van der Waals surface area (Å²) < 4.78 is 4.91. The Morgan fingerprint density at radius 1 is 1.22 bits per heavy atom. The van der Waals surface area contributed by atoms with Crippen molar-refractivity contribution in [3.8, 4) is 0 Å². The summed E-state index contributed by atoms with van der Waals surface area (Å²) in [5.41, 5.74) is -2.17. The molecule has 1 fully saturated rings. The van der Waals surface area contributed by atoms with E-state index in [-0.39, 0.29) is 12.8 Å². The van der Waals surface area contributed by atoms with Crippen LogP contribution in [0, 0.1) is 5.41 Å². The molecule has 3 N–H and O–H groups in total. The number of hydrogen-bond acceptors (Lipinski definition) is 4. The molecule has 0 aromatic heterocycles. The molecule has 0 spiro atoms. The van der Waals surface area contributed by atoms with Crippen molar-refractivity contribution in [1.29, 1.82) is 0 Å². The van der Waals surface area contributed by atoms with Gasteiger partial charge in [-0.3, -0.25) is 4.79 Å². The average molecular weight is 259 g/mol. The Morgan fingerprint density at radius 2 is 1.72 bits per heavy atom. The third kappa shape index (κ3) is 3.12. The fourth-order valence-electron chi connectivity index (χ4n) is 1.62. The molecule has 102 valence electrons. The lowest BCUT2D eigenvalue weighted by atomic mass is 9.97. The van der Waals surface area contributed by atoms with Crippen LogP contribution in [0.25, 0.3) is 0 Å². The molecule has 0 aromatic rings. The van der Waals surface area contributed by atoms with Crippen LogP contribution in [0.3, 0.4) is 0 Å². The monoisotopic (exact) mass is 259 g/mol. The zero-order valence-electron chi connectivity index (χ0n) is 10.5. The second-order valence-corrected chi connectivity index (χ2v) is 5.38. The smallest absolute Gasteiger partial charge is 0.408 e. The Hall–Kier alpha value is -1.79. The Bertz CT molecular complexity index is 379. The van der Waals surface area contributed by atoms with E-state index < -0.39 is 35.1 Å². The lowest BCUT2D eigenvalue weighted by Crippen LogP contribution is -2.51. The number of carbonyl (C=O) groups excluding carboxylic acids is 1. The van der Waals surface area contributed by atoms with Crippen molar-refractivity contribution in [2.45, 2.75) is 45.3 Å². The second kappa shape index (κ2) is 4.47. The van der Waals surface area contributed by atoms with Crippen molar-refractivity contribution in [2.75, 3.05) is 0 Å². The van der Waals surface area contributed by atoms with Gasteiger partial charge in [0.05, 0.1) is 5.41 Å². The van der Waals surface area contributed by atoms with Gasteiger partial charge < -0.3 is 20.3 Å². The molecule has 0 heterocycles. The second-order valence-electron chi connectivity index (χ2n) is 5.38. The molecule has 0 bridgehead atoms. The van der Waals surface area contributed by atoms with Crippen LogP contribution in [-0.4, -0.2) is 39.9 Å². The first-order valence-corrected chi connectivity index (χ1v) is 5.54. The Kier molecular flexibility index (Phi) is 3.54. The minimum absolute atomic E-state index is 0.231. The fourth-order valence-corrected chi connectivity index (χ4v) is 1.62. The lowest BCUT2D eigenvalue weighted by Gasteiger charge is -2.24. The largest absolute Gasteiger partial charge is 0.481 e. The molecule has 0 aromatic carbocycles. The van der Waals surface area contributed by atoms with Gasteiger partial charge in [0, 0.05) is 0 Å². The third-order valence-corrected chi connectivity index (χ3v) is 2.68. The first kappa shape index (κ1) is 14.3. The molecular weight excluding hydrogens is 242 g/mol. The van der Waals surface area contributed by atoms with E-state index in [9.17, 15) is 14.4 Å². The quantitative estimate of drug-likeness (QED) is 0.689. The first-order chi connectivity index (χ1) is 8.08. The average Bonchev–Trinajstić information content (AvgIpc) is 2.91. The highest BCUT2D eigenvalue weighted by molar-refractivity contribution is 5.90. The summed E-state index contributed by atoms with van der Waals surface area (Å²) in [6.45, 7) is 4.89. The van der Waals surface area contributed by atoms with Crippen LogP contribution in [0.1, 0.15) is 33.6 Å². The van der Waals surface area contributed by atoms with Crippen LogP contribution >= 0.6 is 0 Å². The zero-order chi connectivity index (χ0) is 14.1. The Morgan fingerprint density at radius 3 is 2.00 bits per heavy atom. The highest BCUT2D eigenvalue weighted by atomic mass is 16.6. The van der Waals surface area contributed by atoms with Crippen molar-refractivity contribution in [2.24, 2.45) is 5.41 Å².